The van der Waals surface area contributed by atoms with Gasteiger partial charge in [-0.2, -0.15) is 5.10 Å². The smallest absolute Gasteiger partial charge is 0.336 e. The summed E-state index contributed by atoms with van der Waals surface area (Å²) in [4.78, 5) is 16.3. The first-order chi connectivity index (χ1) is 15.6. The highest BCUT2D eigenvalue weighted by Gasteiger charge is 2.18. The lowest BCUT2D eigenvalue weighted by molar-refractivity contribution is 0.0697. The Kier molecular flexibility index (Phi) is 4.76. The van der Waals surface area contributed by atoms with E-state index in [1.54, 1.807) is 24.3 Å². The van der Waals surface area contributed by atoms with Crippen LogP contribution >= 0.6 is 0 Å². The third-order valence-electron chi connectivity index (χ3n) is 5.13. The third kappa shape index (κ3) is 3.52. The molecule has 3 aromatic carbocycles. The number of nitrogens with one attached hydrogen (secondary N) is 1. The van der Waals surface area contributed by atoms with Crippen LogP contribution < -0.4 is 10.5 Å². The highest BCUT2D eigenvalue weighted by molar-refractivity contribution is 6.03. The minimum absolute atomic E-state index is 0.167. The molecular formula is C25H18N4O3. The van der Waals surface area contributed by atoms with Crippen molar-refractivity contribution in [1.82, 2.24) is 15.2 Å². The first-order valence-corrected chi connectivity index (χ1v) is 9.91. The van der Waals surface area contributed by atoms with Gasteiger partial charge in [-0.15, -0.1) is 0 Å². The molecule has 2 aromatic heterocycles. The Labute approximate surface area is 183 Å². The van der Waals surface area contributed by atoms with Crippen molar-refractivity contribution in [2.75, 3.05) is 5.73 Å². The number of para-hydroxylation sites is 1. The van der Waals surface area contributed by atoms with E-state index in [1.165, 1.54) is 0 Å². The number of benzene rings is 3. The van der Waals surface area contributed by atoms with Gasteiger partial charge in [0.05, 0.1) is 16.6 Å². The molecule has 0 bridgehead atoms. The number of carboxylic acid groups (broad SMARTS) is 1. The van der Waals surface area contributed by atoms with Crippen LogP contribution in [0.4, 0.5) is 5.82 Å². The summed E-state index contributed by atoms with van der Waals surface area (Å²) in [7, 11) is 0. The molecule has 0 aliphatic heterocycles. The molecule has 0 aliphatic carbocycles. The summed E-state index contributed by atoms with van der Waals surface area (Å²) in [5, 5.41) is 17.3. The van der Waals surface area contributed by atoms with Gasteiger partial charge in [0.25, 0.3) is 0 Å². The molecule has 0 atom stereocenters. The van der Waals surface area contributed by atoms with E-state index in [1.807, 2.05) is 60.7 Å². The average molecular weight is 422 g/mol. The number of pyridine rings is 1. The highest BCUT2D eigenvalue weighted by Crippen LogP contribution is 2.36. The normalized spacial score (nSPS) is 10.9. The number of anilines is 1. The SMILES string of the molecule is Nc1[nH]nc2nc(-c3ccccc3C(=O)O)cc(-c3ccc(Oc4ccccc4)cc3)c12. The van der Waals surface area contributed by atoms with Gasteiger partial charge in [-0.3, -0.25) is 5.10 Å². The number of carbonyl (C=O) groups is 1. The van der Waals surface area contributed by atoms with Crippen molar-refractivity contribution in [3.05, 3.63) is 90.5 Å². The number of aromatic nitrogens is 3. The molecule has 0 saturated carbocycles. The zero-order chi connectivity index (χ0) is 22.1. The minimum atomic E-state index is -1.02. The number of nitrogen functional groups attached to an aromatic ring is 1. The number of aromatic amines is 1. The molecule has 0 amide bonds. The van der Waals surface area contributed by atoms with E-state index >= 15 is 0 Å². The fourth-order valence-electron chi connectivity index (χ4n) is 3.63. The zero-order valence-corrected chi connectivity index (χ0v) is 16.8. The number of nitrogens with two attached hydrogens (primary N) is 1. The standard InChI is InChI=1S/C25H18N4O3/c26-23-22-20(15-10-12-17(13-11-15)32-16-6-2-1-3-7-16)14-21(27-24(22)29-28-23)18-8-4-5-9-19(18)25(30)31/h1-14H,(H,30,31)(H3,26,27,28,29). The fraction of sp³-hybridized carbons (Fsp3) is 0. The zero-order valence-electron chi connectivity index (χ0n) is 16.8. The first-order valence-electron chi connectivity index (χ1n) is 9.91. The minimum Gasteiger partial charge on any atom is -0.478 e. The summed E-state index contributed by atoms with van der Waals surface area (Å²) in [6, 6.07) is 25.7. The van der Waals surface area contributed by atoms with Gasteiger partial charge >= 0.3 is 5.97 Å². The molecular weight excluding hydrogens is 404 g/mol. The van der Waals surface area contributed by atoms with Crippen LogP contribution in [-0.4, -0.2) is 26.3 Å². The molecule has 4 N–H and O–H groups in total. The van der Waals surface area contributed by atoms with Crippen molar-refractivity contribution in [1.29, 1.82) is 0 Å². The number of ether oxygens (including phenoxy) is 1. The Morgan fingerprint density at radius 1 is 0.875 bits per heavy atom. The Morgan fingerprint density at radius 3 is 2.31 bits per heavy atom. The number of carboxylic acids is 1. The lowest BCUT2D eigenvalue weighted by atomic mass is 9.98. The largest absolute Gasteiger partial charge is 0.478 e. The van der Waals surface area contributed by atoms with Gasteiger partial charge in [-0.05, 0) is 47.5 Å². The number of nitrogens with zero attached hydrogens (tertiary/aromatic N) is 2. The fourth-order valence-corrected chi connectivity index (χ4v) is 3.63. The van der Waals surface area contributed by atoms with Crippen molar-refractivity contribution >= 4 is 22.8 Å². The molecule has 7 nitrogen and oxygen atoms in total. The second kappa shape index (κ2) is 7.88. The van der Waals surface area contributed by atoms with E-state index in [0.717, 1.165) is 16.9 Å². The van der Waals surface area contributed by atoms with Gasteiger partial charge in [0.2, 0.25) is 0 Å². The van der Waals surface area contributed by atoms with E-state index in [-0.39, 0.29) is 5.56 Å². The van der Waals surface area contributed by atoms with Gasteiger partial charge in [0.1, 0.15) is 17.3 Å². The summed E-state index contributed by atoms with van der Waals surface area (Å²) in [6.07, 6.45) is 0. The van der Waals surface area contributed by atoms with Crippen LogP contribution in [0, 0.1) is 0 Å². The topological polar surface area (TPSA) is 114 Å². The average Bonchev–Trinajstić information content (AvgIpc) is 3.20. The summed E-state index contributed by atoms with van der Waals surface area (Å²) >= 11 is 0. The number of hydrogen-bond donors (Lipinski definition) is 3. The van der Waals surface area contributed by atoms with Gasteiger partial charge < -0.3 is 15.6 Å². The van der Waals surface area contributed by atoms with Gasteiger partial charge in [0.15, 0.2) is 5.65 Å². The van der Waals surface area contributed by atoms with Gasteiger partial charge in [-0.1, -0.05) is 48.5 Å². The molecule has 0 aliphatic rings. The highest BCUT2D eigenvalue weighted by atomic mass is 16.5. The predicted molar refractivity (Wildman–Crippen MR) is 123 cm³/mol. The monoisotopic (exact) mass is 422 g/mol. The second-order valence-electron chi connectivity index (χ2n) is 7.18. The van der Waals surface area contributed by atoms with E-state index in [4.69, 9.17) is 10.5 Å². The van der Waals surface area contributed by atoms with E-state index in [2.05, 4.69) is 15.2 Å². The molecule has 0 saturated heterocycles. The van der Waals surface area contributed by atoms with Crippen LogP contribution in [0.1, 0.15) is 10.4 Å². The Balaban J connectivity index is 1.61. The third-order valence-corrected chi connectivity index (χ3v) is 5.13. The Hall–Kier alpha value is -4.65. The van der Waals surface area contributed by atoms with E-state index in [0.29, 0.717) is 33.9 Å². The van der Waals surface area contributed by atoms with Crippen molar-refractivity contribution in [2.45, 2.75) is 0 Å². The van der Waals surface area contributed by atoms with Crippen LogP contribution in [0.3, 0.4) is 0 Å². The molecule has 0 spiro atoms. The second-order valence-corrected chi connectivity index (χ2v) is 7.18. The molecule has 5 rings (SSSR count). The van der Waals surface area contributed by atoms with Crippen LogP contribution in [0.25, 0.3) is 33.4 Å². The number of hydrogen-bond acceptors (Lipinski definition) is 5. The lowest BCUT2D eigenvalue weighted by Crippen LogP contribution is -2.00. The van der Waals surface area contributed by atoms with Crippen LogP contribution in [0.5, 0.6) is 11.5 Å². The van der Waals surface area contributed by atoms with Crippen molar-refractivity contribution in [3.63, 3.8) is 0 Å². The molecule has 5 aromatic rings. The summed E-state index contributed by atoms with van der Waals surface area (Å²) in [5.74, 6) is 0.818. The van der Waals surface area contributed by atoms with Gasteiger partial charge in [0, 0.05) is 5.56 Å². The maximum absolute atomic E-state index is 11.7. The lowest BCUT2D eigenvalue weighted by Gasteiger charge is -2.11. The summed E-state index contributed by atoms with van der Waals surface area (Å²) in [5.41, 5.74) is 9.40. The predicted octanol–water partition coefficient (Wildman–Crippen LogP) is 5.36. The molecule has 0 radical (unpaired) electrons. The molecule has 32 heavy (non-hydrogen) atoms. The van der Waals surface area contributed by atoms with Crippen LogP contribution in [0.15, 0.2) is 84.9 Å². The first kappa shape index (κ1) is 19.3. The number of H-pyrrole nitrogens is 1. The van der Waals surface area contributed by atoms with E-state index in [9.17, 15) is 9.90 Å². The number of rotatable bonds is 5. The van der Waals surface area contributed by atoms with E-state index < -0.39 is 5.97 Å². The molecule has 2 heterocycles. The number of fused-ring (bicyclic) bond motifs is 1. The van der Waals surface area contributed by atoms with Crippen molar-refractivity contribution < 1.29 is 14.6 Å². The quantitative estimate of drug-likeness (QED) is 0.351. The van der Waals surface area contributed by atoms with Crippen molar-refractivity contribution in [3.8, 4) is 33.9 Å². The Morgan fingerprint density at radius 2 is 1.56 bits per heavy atom. The maximum atomic E-state index is 11.7. The molecule has 7 heteroatoms. The summed E-state index contributed by atoms with van der Waals surface area (Å²) in [6.45, 7) is 0. The molecule has 0 fully saturated rings. The van der Waals surface area contributed by atoms with Crippen LogP contribution in [0.2, 0.25) is 0 Å². The molecule has 156 valence electrons. The van der Waals surface area contributed by atoms with Gasteiger partial charge in [-0.25, -0.2) is 9.78 Å². The maximum Gasteiger partial charge on any atom is 0.336 e. The Bertz CT molecular complexity index is 1430. The number of aromatic carboxylic acids is 1. The molecule has 0 unspecified atom stereocenters. The van der Waals surface area contributed by atoms with Crippen molar-refractivity contribution in [2.24, 2.45) is 0 Å². The summed E-state index contributed by atoms with van der Waals surface area (Å²) < 4.78 is 5.88. The van der Waals surface area contributed by atoms with Crippen LogP contribution in [-0.2, 0) is 0 Å².